The van der Waals surface area contributed by atoms with E-state index in [4.69, 9.17) is 11.6 Å². The normalized spacial score (nSPS) is 18.8. The highest BCUT2D eigenvalue weighted by atomic mass is 79.9. The number of hydrogen-bond acceptors (Lipinski definition) is 2. The molecule has 2 heterocycles. The molecule has 98 valence electrons. The number of piperidine rings is 1. The number of rotatable bonds is 1. The third kappa shape index (κ3) is 2.98. The Bertz CT molecular complexity index is 474. The van der Waals surface area contributed by atoms with Crippen LogP contribution in [-0.2, 0) is 0 Å². The lowest BCUT2D eigenvalue weighted by Crippen LogP contribution is -2.42. The molecule has 0 aromatic carbocycles. The first kappa shape index (κ1) is 13.7. The summed E-state index contributed by atoms with van der Waals surface area (Å²) < 4.78 is 26.5. The average Bonchev–Trinajstić information content (AvgIpc) is 2.32. The highest BCUT2D eigenvalue weighted by Gasteiger charge is 2.35. The molecule has 1 saturated heterocycles. The summed E-state index contributed by atoms with van der Waals surface area (Å²) in [6.45, 7) is 0.123. The van der Waals surface area contributed by atoms with Crippen molar-refractivity contribution in [2.24, 2.45) is 0 Å². The number of aromatic nitrogens is 1. The summed E-state index contributed by atoms with van der Waals surface area (Å²) in [5, 5.41) is 0.261. The van der Waals surface area contributed by atoms with E-state index in [0.717, 1.165) is 0 Å². The molecule has 18 heavy (non-hydrogen) atoms. The molecule has 0 atom stereocenters. The van der Waals surface area contributed by atoms with E-state index in [-0.39, 0.29) is 37.0 Å². The number of carbonyl (C=O) groups excluding carboxylic acids is 1. The zero-order valence-corrected chi connectivity index (χ0v) is 11.6. The summed E-state index contributed by atoms with van der Waals surface area (Å²) in [5.74, 6) is -2.95. The number of likely N-dealkylation sites (tertiary alicyclic amines) is 1. The van der Waals surface area contributed by atoms with Gasteiger partial charge in [0.25, 0.3) is 11.8 Å². The number of amides is 1. The molecule has 1 fully saturated rings. The van der Waals surface area contributed by atoms with Gasteiger partial charge in [-0.1, -0.05) is 11.6 Å². The molecule has 2 rings (SSSR count). The Morgan fingerprint density at radius 3 is 2.61 bits per heavy atom. The van der Waals surface area contributed by atoms with Crippen LogP contribution in [0.5, 0.6) is 0 Å². The Morgan fingerprint density at radius 1 is 1.44 bits per heavy atom. The third-order valence-corrected chi connectivity index (χ3v) is 3.96. The quantitative estimate of drug-likeness (QED) is 0.735. The zero-order chi connectivity index (χ0) is 13.3. The number of pyridine rings is 1. The molecule has 0 saturated carbocycles. The maximum absolute atomic E-state index is 13.0. The molecule has 3 nitrogen and oxygen atoms in total. The van der Waals surface area contributed by atoms with Gasteiger partial charge in [0.1, 0.15) is 5.15 Å². The number of halogens is 4. The summed E-state index contributed by atoms with van der Waals surface area (Å²) in [6.07, 6.45) is 0.768. The van der Waals surface area contributed by atoms with Crippen molar-refractivity contribution >= 4 is 33.4 Å². The first-order chi connectivity index (χ1) is 8.39. The molecule has 0 radical (unpaired) electrons. The van der Waals surface area contributed by atoms with Crippen LogP contribution in [0.15, 0.2) is 16.7 Å². The molecular formula is C11H10BrClF2N2O. The molecule has 0 N–H and O–H groups in total. The maximum atomic E-state index is 13.0. The van der Waals surface area contributed by atoms with Crippen LogP contribution in [0, 0.1) is 0 Å². The van der Waals surface area contributed by atoms with Crippen LogP contribution in [0.3, 0.4) is 0 Å². The van der Waals surface area contributed by atoms with E-state index in [1.807, 2.05) is 0 Å². The van der Waals surface area contributed by atoms with Crippen LogP contribution in [0.1, 0.15) is 23.2 Å². The van der Waals surface area contributed by atoms with E-state index in [1.54, 1.807) is 6.07 Å². The summed E-state index contributed by atoms with van der Waals surface area (Å²) >= 11 is 8.90. The van der Waals surface area contributed by atoms with E-state index < -0.39 is 5.92 Å². The summed E-state index contributed by atoms with van der Waals surface area (Å²) in [7, 11) is 0. The molecule has 0 bridgehead atoms. The first-order valence-electron chi connectivity index (χ1n) is 5.37. The van der Waals surface area contributed by atoms with Gasteiger partial charge >= 0.3 is 0 Å². The Labute approximate surface area is 116 Å². The van der Waals surface area contributed by atoms with Gasteiger partial charge in [0, 0.05) is 32.1 Å². The van der Waals surface area contributed by atoms with Crippen molar-refractivity contribution in [1.29, 1.82) is 0 Å². The summed E-state index contributed by atoms with van der Waals surface area (Å²) in [6, 6.07) is 1.55. The van der Waals surface area contributed by atoms with E-state index in [1.165, 1.54) is 11.1 Å². The molecule has 0 spiro atoms. The average molecular weight is 340 g/mol. The van der Waals surface area contributed by atoms with Gasteiger partial charge < -0.3 is 4.90 Å². The van der Waals surface area contributed by atoms with Gasteiger partial charge in [-0.2, -0.15) is 0 Å². The van der Waals surface area contributed by atoms with Crippen LogP contribution < -0.4 is 0 Å². The fourth-order valence-corrected chi connectivity index (χ4v) is 2.21. The molecule has 1 amide bonds. The smallest absolute Gasteiger partial charge is 0.255 e. The molecule has 1 aliphatic rings. The fraction of sp³-hybridized carbons (Fsp3) is 0.455. The predicted molar refractivity (Wildman–Crippen MR) is 67.0 cm³/mol. The van der Waals surface area contributed by atoms with Gasteiger partial charge in [-0.15, -0.1) is 0 Å². The predicted octanol–water partition coefficient (Wildman–Crippen LogP) is 3.37. The summed E-state index contributed by atoms with van der Waals surface area (Å²) in [4.78, 5) is 17.3. The number of nitrogens with zero attached hydrogens (tertiary/aromatic N) is 2. The van der Waals surface area contributed by atoms with Crippen LogP contribution >= 0.6 is 27.5 Å². The molecule has 7 heteroatoms. The monoisotopic (exact) mass is 338 g/mol. The molecule has 0 aliphatic carbocycles. The van der Waals surface area contributed by atoms with Crippen LogP contribution in [0.25, 0.3) is 0 Å². The largest absolute Gasteiger partial charge is 0.338 e. The van der Waals surface area contributed by atoms with Crippen molar-refractivity contribution < 1.29 is 13.6 Å². The van der Waals surface area contributed by atoms with Gasteiger partial charge in [0.2, 0.25) is 0 Å². The van der Waals surface area contributed by atoms with Crippen LogP contribution in [0.4, 0.5) is 8.78 Å². The number of alkyl halides is 2. The minimum absolute atomic E-state index is 0.0616. The van der Waals surface area contributed by atoms with Gasteiger partial charge in [-0.05, 0) is 22.0 Å². The lowest BCUT2D eigenvalue weighted by Gasteiger charge is -2.31. The highest BCUT2D eigenvalue weighted by Crippen LogP contribution is 2.29. The zero-order valence-electron chi connectivity index (χ0n) is 9.30. The first-order valence-corrected chi connectivity index (χ1v) is 6.54. The number of hydrogen-bond donors (Lipinski definition) is 0. The van der Waals surface area contributed by atoms with Crippen molar-refractivity contribution in [3.8, 4) is 0 Å². The van der Waals surface area contributed by atoms with Gasteiger partial charge in [-0.3, -0.25) is 4.79 Å². The van der Waals surface area contributed by atoms with Crippen molar-refractivity contribution in [2.75, 3.05) is 13.1 Å². The van der Waals surface area contributed by atoms with Gasteiger partial charge in [0.15, 0.2) is 0 Å². The summed E-state index contributed by atoms with van der Waals surface area (Å²) in [5.41, 5.74) is 0.344. The second-order valence-electron chi connectivity index (χ2n) is 4.14. The maximum Gasteiger partial charge on any atom is 0.255 e. The third-order valence-electron chi connectivity index (χ3n) is 2.83. The Kier molecular flexibility index (Phi) is 3.87. The van der Waals surface area contributed by atoms with Crippen molar-refractivity contribution in [2.45, 2.75) is 18.8 Å². The molecule has 1 aromatic rings. The lowest BCUT2D eigenvalue weighted by atomic mass is 10.1. The number of carbonyl (C=O) groups is 1. The fourth-order valence-electron chi connectivity index (χ4n) is 1.76. The van der Waals surface area contributed by atoms with E-state index in [0.29, 0.717) is 10.0 Å². The second-order valence-corrected chi connectivity index (χ2v) is 5.36. The van der Waals surface area contributed by atoms with E-state index >= 15 is 0 Å². The molecule has 1 aromatic heterocycles. The minimum atomic E-state index is -2.66. The molecule has 0 unspecified atom stereocenters. The highest BCUT2D eigenvalue weighted by molar-refractivity contribution is 9.10. The van der Waals surface area contributed by atoms with Crippen LogP contribution in [0.2, 0.25) is 5.15 Å². The van der Waals surface area contributed by atoms with E-state index in [9.17, 15) is 13.6 Å². The topological polar surface area (TPSA) is 33.2 Å². The van der Waals surface area contributed by atoms with Gasteiger partial charge in [-0.25, -0.2) is 13.8 Å². The second kappa shape index (κ2) is 5.09. The Morgan fingerprint density at radius 2 is 2.06 bits per heavy atom. The lowest BCUT2D eigenvalue weighted by molar-refractivity contribution is -0.0494. The molecular weight excluding hydrogens is 329 g/mol. The molecule has 1 aliphatic heterocycles. The van der Waals surface area contributed by atoms with Crippen molar-refractivity contribution in [1.82, 2.24) is 9.88 Å². The standard InChI is InChI=1S/C11H10BrClF2N2O/c12-8-5-7(6-16-9(8)13)10(18)17-3-1-11(14,15)2-4-17/h5-6H,1-4H2. The van der Waals surface area contributed by atoms with Gasteiger partial charge in [0.05, 0.1) is 10.0 Å². The van der Waals surface area contributed by atoms with E-state index in [2.05, 4.69) is 20.9 Å². The van der Waals surface area contributed by atoms with Crippen molar-refractivity contribution in [3.05, 3.63) is 27.5 Å². The minimum Gasteiger partial charge on any atom is -0.338 e. The SMILES string of the molecule is O=C(c1cnc(Cl)c(Br)c1)N1CCC(F)(F)CC1. The Hall–Kier alpha value is -0.750. The van der Waals surface area contributed by atoms with Crippen LogP contribution in [-0.4, -0.2) is 34.8 Å². The Balaban J connectivity index is 2.10. The van der Waals surface area contributed by atoms with Crippen molar-refractivity contribution in [3.63, 3.8) is 0 Å².